The third-order valence-electron chi connectivity index (χ3n) is 1.77. The van der Waals surface area contributed by atoms with Crippen molar-refractivity contribution < 1.29 is 4.52 Å². The van der Waals surface area contributed by atoms with Crippen molar-refractivity contribution in [2.75, 3.05) is 0 Å². The first-order chi connectivity index (χ1) is 6.81. The molecule has 5 heteroatoms. The SMILES string of the molecule is ClCc1cc(-c2cccn[c]2[Sn])on1. The summed E-state index contributed by atoms with van der Waals surface area (Å²) in [6.45, 7) is 0. The Morgan fingerprint density at radius 3 is 3.00 bits per heavy atom. The van der Waals surface area contributed by atoms with Crippen LogP contribution in [-0.4, -0.2) is 32.7 Å². The van der Waals surface area contributed by atoms with Crippen LogP contribution in [-0.2, 0) is 5.88 Å². The molecule has 0 unspecified atom stereocenters. The van der Waals surface area contributed by atoms with Crippen molar-refractivity contribution in [1.29, 1.82) is 0 Å². The molecule has 3 radical (unpaired) electrons. The predicted octanol–water partition coefficient (Wildman–Crippen LogP) is 1.27. The molecule has 0 aromatic carbocycles. The Hall–Kier alpha value is -0.551. The van der Waals surface area contributed by atoms with E-state index < -0.39 is 0 Å². The van der Waals surface area contributed by atoms with E-state index in [-0.39, 0.29) is 0 Å². The average Bonchev–Trinajstić information content (AvgIpc) is 2.67. The summed E-state index contributed by atoms with van der Waals surface area (Å²) < 4.78 is 6.17. The summed E-state index contributed by atoms with van der Waals surface area (Å²) in [5, 5.41) is 3.83. The number of hydrogen-bond acceptors (Lipinski definition) is 3. The van der Waals surface area contributed by atoms with E-state index in [0.29, 0.717) is 5.88 Å². The number of rotatable bonds is 2. The molecule has 0 saturated carbocycles. The molecule has 14 heavy (non-hydrogen) atoms. The molecule has 3 nitrogen and oxygen atoms in total. The first kappa shape index (κ1) is 9.98. The van der Waals surface area contributed by atoms with Gasteiger partial charge in [-0.15, -0.1) is 0 Å². The summed E-state index contributed by atoms with van der Waals surface area (Å²) in [7, 11) is 0. The van der Waals surface area contributed by atoms with Crippen LogP contribution in [0.3, 0.4) is 0 Å². The normalized spacial score (nSPS) is 10.4. The van der Waals surface area contributed by atoms with Crippen molar-refractivity contribution in [1.82, 2.24) is 10.1 Å². The second kappa shape index (κ2) is 4.31. The van der Waals surface area contributed by atoms with Gasteiger partial charge in [0.1, 0.15) is 0 Å². The topological polar surface area (TPSA) is 38.9 Å². The van der Waals surface area contributed by atoms with Gasteiger partial charge in [-0.3, -0.25) is 0 Å². The van der Waals surface area contributed by atoms with E-state index in [1.807, 2.05) is 18.2 Å². The Morgan fingerprint density at radius 2 is 2.36 bits per heavy atom. The first-order valence-electron chi connectivity index (χ1n) is 4.00. The van der Waals surface area contributed by atoms with Crippen LogP contribution in [0, 0.1) is 0 Å². The average molecular weight is 312 g/mol. The van der Waals surface area contributed by atoms with E-state index in [1.165, 1.54) is 22.5 Å². The van der Waals surface area contributed by atoms with Gasteiger partial charge in [-0.25, -0.2) is 0 Å². The monoisotopic (exact) mass is 313 g/mol. The Bertz CT molecular complexity index is 444. The molecule has 2 rings (SSSR count). The number of aromatic nitrogens is 2. The van der Waals surface area contributed by atoms with Crippen molar-refractivity contribution in [3.05, 3.63) is 30.1 Å². The molecule has 0 aliphatic heterocycles. The van der Waals surface area contributed by atoms with Crippen LogP contribution in [0.2, 0.25) is 0 Å². The summed E-state index contributed by atoms with van der Waals surface area (Å²) in [6, 6.07) is 5.69. The zero-order valence-electron chi connectivity index (χ0n) is 7.20. The van der Waals surface area contributed by atoms with Gasteiger partial charge in [0.15, 0.2) is 0 Å². The van der Waals surface area contributed by atoms with Crippen LogP contribution in [0.1, 0.15) is 5.69 Å². The summed E-state index contributed by atoms with van der Waals surface area (Å²) in [5.41, 5.74) is 1.75. The molecule has 0 aliphatic rings. The minimum absolute atomic E-state index is 0.371. The molecule has 0 N–H and O–H groups in total. The fourth-order valence-electron chi connectivity index (χ4n) is 1.11. The van der Waals surface area contributed by atoms with Crippen LogP contribution >= 0.6 is 11.6 Å². The van der Waals surface area contributed by atoms with E-state index in [4.69, 9.17) is 16.1 Å². The zero-order chi connectivity index (χ0) is 9.97. The summed E-state index contributed by atoms with van der Waals surface area (Å²) in [4.78, 5) is 4.21. The zero-order valence-corrected chi connectivity index (χ0v) is 10.8. The number of pyridine rings is 1. The van der Waals surface area contributed by atoms with Gasteiger partial charge in [-0.05, 0) is 0 Å². The van der Waals surface area contributed by atoms with Gasteiger partial charge >= 0.3 is 99.8 Å². The Balaban J connectivity index is 2.44. The molecule has 0 amide bonds. The molecule has 0 atom stereocenters. The molecule has 0 saturated heterocycles. The van der Waals surface area contributed by atoms with Crippen molar-refractivity contribution >= 4 is 37.8 Å². The predicted molar refractivity (Wildman–Crippen MR) is 54.7 cm³/mol. The molecular weight excluding hydrogens is 306 g/mol. The molecule has 2 aromatic heterocycles. The van der Waals surface area contributed by atoms with Gasteiger partial charge in [0.2, 0.25) is 0 Å². The molecule has 69 valence electrons. The van der Waals surface area contributed by atoms with Gasteiger partial charge < -0.3 is 0 Å². The molecule has 2 heterocycles. The maximum atomic E-state index is 5.63. The van der Waals surface area contributed by atoms with E-state index in [1.54, 1.807) is 6.20 Å². The van der Waals surface area contributed by atoms with Crippen LogP contribution in [0.4, 0.5) is 0 Å². The van der Waals surface area contributed by atoms with Crippen LogP contribution in [0.15, 0.2) is 28.9 Å². The molecule has 0 spiro atoms. The number of alkyl halides is 1. The quantitative estimate of drug-likeness (QED) is 0.619. The molecule has 0 fully saturated rings. The minimum atomic E-state index is 0.371. The van der Waals surface area contributed by atoms with Gasteiger partial charge in [-0.2, -0.15) is 0 Å². The fourth-order valence-corrected chi connectivity index (χ4v) is 2.03. The van der Waals surface area contributed by atoms with Gasteiger partial charge in [0.05, 0.1) is 0 Å². The third-order valence-corrected chi connectivity index (χ3v) is 3.18. The number of nitrogens with zero attached hydrogens (tertiary/aromatic N) is 2. The number of halogens is 1. The fraction of sp³-hybridized carbons (Fsp3) is 0.111. The molecule has 0 bridgehead atoms. The Kier molecular flexibility index (Phi) is 3.08. The molecule has 0 aliphatic carbocycles. The second-order valence-electron chi connectivity index (χ2n) is 2.72. The van der Waals surface area contributed by atoms with Crippen molar-refractivity contribution in [2.45, 2.75) is 5.88 Å². The van der Waals surface area contributed by atoms with Gasteiger partial charge in [0.25, 0.3) is 0 Å². The maximum absolute atomic E-state index is 5.63. The van der Waals surface area contributed by atoms with Crippen LogP contribution < -0.4 is 3.71 Å². The van der Waals surface area contributed by atoms with Gasteiger partial charge in [0, 0.05) is 0 Å². The molecular formula is C9H6ClN2OSn. The first-order valence-corrected chi connectivity index (χ1v) is 5.96. The third kappa shape index (κ3) is 1.93. The van der Waals surface area contributed by atoms with E-state index in [2.05, 4.69) is 10.1 Å². The van der Waals surface area contributed by atoms with Gasteiger partial charge in [-0.1, -0.05) is 0 Å². The van der Waals surface area contributed by atoms with Crippen LogP contribution in [0.5, 0.6) is 0 Å². The summed E-state index contributed by atoms with van der Waals surface area (Å²) in [5.74, 6) is 1.11. The van der Waals surface area contributed by atoms with E-state index >= 15 is 0 Å². The Labute approximate surface area is 99.6 Å². The Morgan fingerprint density at radius 1 is 1.50 bits per heavy atom. The van der Waals surface area contributed by atoms with E-state index in [9.17, 15) is 0 Å². The van der Waals surface area contributed by atoms with E-state index in [0.717, 1.165) is 20.7 Å². The number of hydrogen-bond donors (Lipinski definition) is 0. The van der Waals surface area contributed by atoms with Crippen molar-refractivity contribution in [2.24, 2.45) is 0 Å². The standard InChI is InChI=1S/C9H6ClN2O.Sn/c10-5-8-4-9(13-12-8)7-2-1-3-11-6-7;/h1-4H,5H2;. The summed E-state index contributed by atoms with van der Waals surface area (Å²) in [6.07, 6.45) is 1.77. The second-order valence-corrected chi connectivity index (χ2v) is 4.33. The molecule has 2 aromatic rings. The van der Waals surface area contributed by atoms with Crippen molar-refractivity contribution in [3.63, 3.8) is 0 Å². The van der Waals surface area contributed by atoms with Crippen LogP contribution in [0.25, 0.3) is 11.3 Å². The van der Waals surface area contributed by atoms with Crippen molar-refractivity contribution in [3.8, 4) is 11.3 Å². The summed E-state index contributed by atoms with van der Waals surface area (Å²) >= 11 is 6.89.